The summed E-state index contributed by atoms with van der Waals surface area (Å²) in [5, 5.41) is 2.31. The number of anilines is 5. The van der Waals surface area contributed by atoms with Gasteiger partial charge in [-0.15, -0.1) is 0 Å². The molecule has 0 fully saturated rings. The van der Waals surface area contributed by atoms with Gasteiger partial charge in [-0.1, -0.05) is 187 Å². The maximum atomic E-state index is 7.10. The summed E-state index contributed by atoms with van der Waals surface area (Å²) in [5.74, 6) is 0. The van der Waals surface area contributed by atoms with E-state index >= 15 is 0 Å². The molecule has 9 aromatic carbocycles. The fourth-order valence-corrected chi connectivity index (χ4v) is 15.0. The molecule has 0 bridgehead atoms. The van der Waals surface area contributed by atoms with Crippen LogP contribution in [0.3, 0.4) is 0 Å². The molecule has 0 saturated heterocycles. The van der Waals surface area contributed by atoms with Crippen molar-refractivity contribution >= 4 is 68.1 Å². The number of hydrogen-bond acceptors (Lipinski definition) is 3. The molecule has 0 unspecified atom stereocenters. The third kappa shape index (κ3) is 4.48. The van der Waals surface area contributed by atoms with Gasteiger partial charge in [-0.05, 0) is 132 Å². The van der Waals surface area contributed by atoms with Gasteiger partial charge >= 0.3 is 6.85 Å². The van der Waals surface area contributed by atoms with Crippen LogP contribution in [0.2, 0.25) is 0 Å². The molecule has 16 rings (SSSR count). The van der Waals surface area contributed by atoms with E-state index in [1.54, 1.807) is 0 Å². The van der Waals surface area contributed by atoms with Crippen molar-refractivity contribution in [1.82, 2.24) is 0 Å². The summed E-state index contributed by atoms with van der Waals surface area (Å²) >= 11 is 0. The minimum absolute atomic E-state index is 0.0201. The molecule has 4 heteroatoms. The van der Waals surface area contributed by atoms with Crippen LogP contribution in [0.15, 0.2) is 180 Å². The Morgan fingerprint density at radius 3 is 1.84 bits per heavy atom. The second-order valence-electron chi connectivity index (χ2n) is 22.9. The van der Waals surface area contributed by atoms with Crippen molar-refractivity contribution < 1.29 is 4.42 Å². The zero-order chi connectivity index (χ0) is 46.8. The fraction of sp³-hybridized carbons (Fsp3) is 0.182. The van der Waals surface area contributed by atoms with Gasteiger partial charge in [0, 0.05) is 39.0 Å². The molecule has 1 spiro atoms. The molecular formula is C66H51BN2O. The summed E-state index contributed by atoms with van der Waals surface area (Å²) in [6, 6.07) is 67.9. The molecule has 3 nitrogen and oxygen atoms in total. The molecule has 0 radical (unpaired) electrons. The highest BCUT2D eigenvalue weighted by atomic mass is 16.3. The van der Waals surface area contributed by atoms with E-state index in [0.29, 0.717) is 0 Å². The lowest BCUT2D eigenvalue weighted by Gasteiger charge is -2.52. The van der Waals surface area contributed by atoms with Gasteiger partial charge < -0.3 is 14.1 Å². The van der Waals surface area contributed by atoms with Crippen molar-refractivity contribution in [3.63, 3.8) is 0 Å². The van der Waals surface area contributed by atoms with E-state index in [4.69, 9.17) is 4.42 Å². The maximum absolute atomic E-state index is 7.10. The highest BCUT2D eigenvalue weighted by molar-refractivity contribution is 6.94. The SMILES string of the molecule is CC1(C)CCC(C)(C)c2cc(N3B4c5cccc6c5N(c5ccccc5C65c6ccccc6-c6ccccc65)c5c4c(cc4oc6ccccc6c54)-c4ccc5c(c43)-c3ccccc3C5(C)C)ccc21. The Morgan fingerprint density at radius 1 is 0.443 bits per heavy atom. The van der Waals surface area contributed by atoms with Crippen molar-refractivity contribution in [2.45, 2.75) is 76.0 Å². The van der Waals surface area contributed by atoms with Crippen molar-refractivity contribution in [3.8, 4) is 33.4 Å². The predicted molar refractivity (Wildman–Crippen MR) is 291 cm³/mol. The Balaban J connectivity index is 1.12. The summed E-state index contributed by atoms with van der Waals surface area (Å²) in [6.45, 7) is 14.5. The first-order chi connectivity index (χ1) is 34.0. The molecule has 3 aliphatic carbocycles. The number of rotatable bonds is 1. The standard InChI is InChI=1S/C66H51BN2O/c1-63(2)34-35-64(3,4)52-36-38(30-32-48(52)63)69-60-41(31-33-50-57(60)42-20-9-11-22-45(42)65(50,5)6)44-37-56-58(43-21-10-16-29-55(43)70-56)62-59(44)67(69)53-27-17-26-51-61(53)68(62)54-28-15-14-25-49(54)66(51)46-23-12-7-18-39(46)40-19-8-13-24-47(40)66/h7-33,36-37H,34-35H2,1-6H3. The van der Waals surface area contributed by atoms with Crippen molar-refractivity contribution in [2.75, 3.05) is 9.71 Å². The van der Waals surface area contributed by atoms with Gasteiger partial charge in [0.1, 0.15) is 11.2 Å². The van der Waals surface area contributed by atoms with E-state index in [0.717, 1.165) is 23.0 Å². The van der Waals surface area contributed by atoms with Crippen LogP contribution in [-0.4, -0.2) is 6.85 Å². The Bertz CT molecular complexity index is 3990. The van der Waals surface area contributed by atoms with Gasteiger partial charge in [0.05, 0.1) is 22.2 Å². The molecular weight excluding hydrogens is 848 g/mol. The lowest BCUT2D eigenvalue weighted by atomic mass is 9.42. The number of furan rings is 1. The summed E-state index contributed by atoms with van der Waals surface area (Å²) in [4.78, 5) is 5.50. The molecule has 6 aliphatic rings. The molecule has 0 atom stereocenters. The summed E-state index contributed by atoms with van der Waals surface area (Å²) in [7, 11) is 0. The van der Waals surface area contributed by atoms with Crippen LogP contribution in [0.5, 0.6) is 0 Å². The van der Waals surface area contributed by atoms with Gasteiger partial charge in [0.2, 0.25) is 0 Å². The fourth-order valence-electron chi connectivity index (χ4n) is 15.0. The van der Waals surface area contributed by atoms with Gasteiger partial charge in [0.15, 0.2) is 0 Å². The van der Waals surface area contributed by atoms with Gasteiger partial charge in [-0.3, -0.25) is 0 Å². The first-order valence-corrected chi connectivity index (χ1v) is 25.4. The summed E-state index contributed by atoms with van der Waals surface area (Å²) in [5.41, 5.74) is 28.9. The molecule has 0 amide bonds. The van der Waals surface area contributed by atoms with Crippen molar-refractivity contribution in [2.24, 2.45) is 0 Å². The van der Waals surface area contributed by atoms with Gasteiger partial charge in [-0.25, -0.2) is 0 Å². The van der Waals surface area contributed by atoms with E-state index in [2.05, 4.69) is 227 Å². The van der Waals surface area contributed by atoms with E-state index in [1.807, 2.05) is 0 Å². The van der Waals surface area contributed by atoms with E-state index in [9.17, 15) is 0 Å². The van der Waals surface area contributed by atoms with E-state index in [1.165, 1.54) is 129 Å². The molecule has 0 saturated carbocycles. The average molecular weight is 899 g/mol. The van der Waals surface area contributed by atoms with Crippen LogP contribution in [0, 0.1) is 0 Å². The first-order valence-electron chi connectivity index (χ1n) is 25.4. The number of nitrogens with zero attached hydrogens (tertiary/aromatic N) is 2. The van der Waals surface area contributed by atoms with Crippen LogP contribution in [0.25, 0.3) is 55.3 Å². The van der Waals surface area contributed by atoms with Crippen LogP contribution in [-0.2, 0) is 21.7 Å². The van der Waals surface area contributed by atoms with Crippen LogP contribution in [0.1, 0.15) is 98.9 Å². The minimum Gasteiger partial charge on any atom is -0.456 e. The molecule has 1 aromatic heterocycles. The summed E-state index contributed by atoms with van der Waals surface area (Å²) < 4.78 is 7.10. The maximum Gasteiger partial charge on any atom is 0.333 e. The Kier molecular flexibility index (Phi) is 7.19. The van der Waals surface area contributed by atoms with Gasteiger partial charge in [0.25, 0.3) is 0 Å². The summed E-state index contributed by atoms with van der Waals surface area (Å²) in [6.07, 6.45) is 2.32. The van der Waals surface area contributed by atoms with E-state index in [-0.39, 0.29) is 23.1 Å². The monoisotopic (exact) mass is 898 g/mol. The molecule has 3 aliphatic heterocycles. The normalized spacial score (nSPS) is 17.8. The second-order valence-corrected chi connectivity index (χ2v) is 22.9. The van der Waals surface area contributed by atoms with Crippen LogP contribution < -0.4 is 20.6 Å². The Morgan fingerprint density at radius 2 is 1.07 bits per heavy atom. The largest absolute Gasteiger partial charge is 0.456 e. The van der Waals surface area contributed by atoms with Crippen molar-refractivity contribution in [3.05, 3.63) is 220 Å². The molecule has 70 heavy (non-hydrogen) atoms. The third-order valence-corrected chi connectivity index (χ3v) is 18.3. The topological polar surface area (TPSA) is 19.6 Å². The second kappa shape index (κ2) is 12.8. The Hall–Kier alpha value is -7.56. The first kappa shape index (κ1) is 39.3. The number of hydrogen-bond donors (Lipinski definition) is 0. The van der Waals surface area contributed by atoms with Crippen LogP contribution >= 0.6 is 0 Å². The number of fused-ring (bicyclic) bond motifs is 22. The van der Waals surface area contributed by atoms with Crippen LogP contribution in [0.4, 0.5) is 28.4 Å². The lowest BCUT2D eigenvalue weighted by molar-refractivity contribution is 0.332. The molecule has 334 valence electrons. The molecule has 4 heterocycles. The minimum atomic E-state index is -0.554. The third-order valence-electron chi connectivity index (χ3n) is 18.3. The zero-order valence-corrected chi connectivity index (χ0v) is 40.5. The van der Waals surface area contributed by atoms with Gasteiger partial charge in [-0.2, -0.15) is 0 Å². The number of benzene rings is 9. The molecule has 0 N–H and O–H groups in total. The van der Waals surface area contributed by atoms with E-state index < -0.39 is 5.41 Å². The van der Waals surface area contributed by atoms with Crippen molar-refractivity contribution in [1.29, 1.82) is 0 Å². The zero-order valence-electron chi connectivity index (χ0n) is 40.5. The lowest BCUT2D eigenvalue weighted by Crippen LogP contribution is -2.63. The predicted octanol–water partition coefficient (Wildman–Crippen LogP) is 15.6. The number of para-hydroxylation sites is 3. The highest BCUT2D eigenvalue weighted by Gasteiger charge is 2.57. The quantitative estimate of drug-likeness (QED) is 0.153. The average Bonchev–Trinajstić information content (AvgIpc) is 3.98. The highest BCUT2D eigenvalue weighted by Crippen LogP contribution is 2.66. The Labute approximate surface area is 410 Å². The smallest absolute Gasteiger partial charge is 0.333 e. The molecule has 10 aromatic rings.